The minimum Gasteiger partial charge on any atom is -0.265 e. The maximum absolute atomic E-state index is 8.43. The van der Waals surface area contributed by atoms with Gasteiger partial charge in [0.25, 0.3) is 0 Å². The summed E-state index contributed by atoms with van der Waals surface area (Å²) in [6.07, 6.45) is 8.42. The van der Waals surface area contributed by atoms with E-state index in [0.29, 0.717) is 0 Å². The first-order chi connectivity index (χ1) is 8.28. The van der Waals surface area contributed by atoms with Gasteiger partial charge in [-0.2, -0.15) is 21.0 Å². The lowest BCUT2D eigenvalue weighted by molar-refractivity contribution is 1.09. The fraction of sp³-hybridized carbons (Fsp3) is 0.0833. The summed E-state index contributed by atoms with van der Waals surface area (Å²) in [6.45, 7) is 0. The van der Waals surface area contributed by atoms with Crippen LogP contribution >= 0.6 is 0 Å². The van der Waals surface area contributed by atoms with E-state index < -0.39 is 5.92 Å². The summed E-state index contributed by atoms with van der Waals surface area (Å²) in [5.74, 6) is -0.783. The van der Waals surface area contributed by atoms with E-state index in [-0.39, 0.29) is 5.57 Å². The van der Waals surface area contributed by atoms with Crippen molar-refractivity contribution in [2.45, 2.75) is 0 Å². The van der Waals surface area contributed by atoms with Crippen molar-refractivity contribution < 1.29 is 0 Å². The van der Waals surface area contributed by atoms with Gasteiger partial charge in [0.15, 0.2) is 5.92 Å². The maximum atomic E-state index is 8.43. The van der Waals surface area contributed by atoms with Gasteiger partial charge in [-0.1, -0.05) is 6.08 Å². The van der Waals surface area contributed by atoms with E-state index in [4.69, 9.17) is 21.0 Å². The number of nitriles is 4. The van der Waals surface area contributed by atoms with Gasteiger partial charge in [0.05, 0.1) is 12.1 Å². The van der Waals surface area contributed by atoms with Crippen LogP contribution in [0.2, 0.25) is 0 Å². The van der Waals surface area contributed by atoms with Gasteiger partial charge in [0.2, 0.25) is 0 Å². The molecule has 0 aromatic rings. The van der Waals surface area contributed by atoms with Crippen LogP contribution in [-0.4, -0.2) is 6.21 Å². The zero-order valence-corrected chi connectivity index (χ0v) is 8.78. The van der Waals surface area contributed by atoms with Gasteiger partial charge in [-0.05, 0) is 18.2 Å². The Morgan fingerprint density at radius 1 is 1.00 bits per heavy atom. The fourth-order valence-electron chi connectivity index (χ4n) is 0.664. The quantitative estimate of drug-likeness (QED) is 0.409. The molecule has 0 fully saturated rings. The SMILES string of the molecule is N#CC(C#N)=C/C=C/N=C\C=C\C(C#N)C#N. The second kappa shape index (κ2) is 9.41. The van der Waals surface area contributed by atoms with Gasteiger partial charge in [-0.15, -0.1) is 0 Å². The summed E-state index contributed by atoms with van der Waals surface area (Å²) in [6, 6.07) is 6.94. The highest BCUT2D eigenvalue weighted by Crippen LogP contribution is 1.92. The van der Waals surface area contributed by atoms with Crippen molar-refractivity contribution >= 4 is 6.21 Å². The monoisotopic (exact) mass is 221 g/mol. The summed E-state index contributed by atoms with van der Waals surface area (Å²) in [4.78, 5) is 3.78. The van der Waals surface area contributed by atoms with E-state index in [2.05, 4.69) is 4.99 Å². The number of hydrogen-bond donors (Lipinski definition) is 0. The van der Waals surface area contributed by atoms with E-state index >= 15 is 0 Å². The second-order valence-corrected chi connectivity index (χ2v) is 2.56. The van der Waals surface area contributed by atoms with Crippen LogP contribution in [-0.2, 0) is 0 Å². The molecule has 17 heavy (non-hydrogen) atoms. The first-order valence-corrected chi connectivity index (χ1v) is 4.44. The van der Waals surface area contributed by atoms with Crippen LogP contribution in [0, 0.1) is 51.2 Å². The predicted octanol–water partition coefficient (Wildman–Crippen LogP) is 1.76. The fourth-order valence-corrected chi connectivity index (χ4v) is 0.664. The number of nitrogens with zero attached hydrogens (tertiary/aromatic N) is 5. The maximum Gasteiger partial charge on any atom is 0.151 e. The third kappa shape index (κ3) is 6.86. The zero-order chi connectivity index (χ0) is 12.9. The molecule has 5 nitrogen and oxygen atoms in total. The minimum absolute atomic E-state index is 0.0129. The normalized spacial score (nSPS) is 9.94. The molecule has 0 radical (unpaired) electrons. The van der Waals surface area contributed by atoms with Gasteiger partial charge < -0.3 is 0 Å². The van der Waals surface area contributed by atoms with Crippen LogP contribution in [0.1, 0.15) is 0 Å². The second-order valence-electron chi connectivity index (χ2n) is 2.56. The largest absolute Gasteiger partial charge is 0.265 e. The molecule has 0 bridgehead atoms. The lowest BCUT2D eigenvalue weighted by atomic mass is 10.2. The third-order valence-electron chi connectivity index (χ3n) is 1.43. The summed E-state index contributed by atoms with van der Waals surface area (Å²) < 4.78 is 0. The predicted molar refractivity (Wildman–Crippen MR) is 60.8 cm³/mol. The molecule has 0 heterocycles. The van der Waals surface area contributed by atoms with E-state index in [1.165, 1.54) is 36.7 Å². The Bertz CT molecular complexity index is 493. The molecule has 0 N–H and O–H groups in total. The van der Waals surface area contributed by atoms with Crippen LogP contribution in [0.5, 0.6) is 0 Å². The van der Waals surface area contributed by atoms with Crippen molar-refractivity contribution in [2.75, 3.05) is 0 Å². The van der Waals surface area contributed by atoms with E-state index in [0.717, 1.165) is 0 Å². The van der Waals surface area contributed by atoms with Crippen molar-refractivity contribution in [1.82, 2.24) is 0 Å². The van der Waals surface area contributed by atoms with Gasteiger partial charge in [0.1, 0.15) is 17.7 Å². The smallest absolute Gasteiger partial charge is 0.151 e. The molecule has 0 unspecified atom stereocenters. The van der Waals surface area contributed by atoms with Crippen LogP contribution < -0.4 is 0 Å². The van der Waals surface area contributed by atoms with E-state index in [1.807, 2.05) is 0 Å². The molecular formula is C12H7N5. The molecule has 0 amide bonds. The zero-order valence-electron chi connectivity index (χ0n) is 8.78. The Balaban J connectivity index is 4.26. The van der Waals surface area contributed by atoms with E-state index in [9.17, 15) is 0 Å². The lowest BCUT2D eigenvalue weighted by Crippen LogP contribution is -1.84. The molecule has 0 aliphatic carbocycles. The Hall–Kier alpha value is -3.15. The molecule has 0 aromatic carbocycles. The van der Waals surface area contributed by atoms with Gasteiger partial charge in [0, 0.05) is 12.4 Å². The van der Waals surface area contributed by atoms with Crippen molar-refractivity contribution in [3.63, 3.8) is 0 Å². The van der Waals surface area contributed by atoms with Crippen molar-refractivity contribution in [1.29, 1.82) is 21.0 Å². The van der Waals surface area contributed by atoms with Crippen molar-refractivity contribution in [3.8, 4) is 24.3 Å². The van der Waals surface area contributed by atoms with Gasteiger partial charge >= 0.3 is 0 Å². The van der Waals surface area contributed by atoms with Crippen molar-refractivity contribution in [3.05, 3.63) is 36.1 Å². The van der Waals surface area contributed by atoms with E-state index in [1.54, 1.807) is 24.3 Å². The number of hydrogen-bond acceptors (Lipinski definition) is 5. The molecule has 0 aromatic heterocycles. The van der Waals surface area contributed by atoms with Crippen molar-refractivity contribution in [2.24, 2.45) is 10.9 Å². The molecule has 0 saturated carbocycles. The lowest BCUT2D eigenvalue weighted by Gasteiger charge is -1.82. The van der Waals surface area contributed by atoms with Crippen LogP contribution in [0.3, 0.4) is 0 Å². The number of allylic oxidation sites excluding steroid dienone is 5. The summed E-state index contributed by atoms with van der Waals surface area (Å²) in [5, 5.41) is 33.7. The first kappa shape index (κ1) is 13.8. The highest BCUT2D eigenvalue weighted by molar-refractivity contribution is 5.71. The average Bonchev–Trinajstić information content (AvgIpc) is 2.37. The standard InChI is InChI=1S/C12H7N5/c13-7-11(8-14)3-1-5-17-6-2-4-12(9-15)10-16/h1-6,11H/b3-1+,6-2+,17-5-. The number of aliphatic imine (C=N–C) groups is 1. The molecule has 0 spiro atoms. The number of rotatable bonds is 4. The molecule has 0 atom stereocenters. The van der Waals surface area contributed by atoms with Crippen LogP contribution in [0.4, 0.5) is 0 Å². The van der Waals surface area contributed by atoms with Crippen LogP contribution in [0.25, 0.3) is 0 Å². The van der Waals surface area contributed by atoms with Gasteiger partial charge in [-0.25, -0.2) is 0 Å². The molecule has 0 aliphatic heterocycles. The molecule has 0 aliphatic rings. The van der Waals surface area contributed by atoms with Crippen LogP contribution in [0.15, 0.2) is 41.1 Å². The third-order valence-corrected chi connectivity index (χ3v) is 1.43. The summed E-state index contributed by atoms with van der Waals surface area (Å²) in [7, 11) is 0. The summed E-state index contributed by atoms with van der Waals surface area (Å²) >= 11 is 0. The molecule has 0 saturated heterocycles. The average molecular weight is 221 g/mol. The molecule has 80 valence electrons. The summed E-state index contributed by atoms with van der Waals surface area (Å²) in [5.41, 5.74) is -0.0129. The molecule has 0 rings (SSSR count). The highest BCUT2D eigenvalue weighted by atomic mass is 14.6. The first-order valence-electron chi connectivity index (χ1n) is 4.44. The minimum atomic E-state index is -0.783. The Kier molecular flexibility index (Phi) is 7.66. The topological polar surface area (TPSA) is 108 Å². The highest BCUT2D eigenvalue weighted by Gasteiger charge is 1.95. The van der Waals surface area contributed by atoms with Gasteiger partial charge in [-0.3, -0.25) is 4.99 Å². The Morgan fingerprint density at radius 2 is 1.65 bits per heavy atom. The Morgan fingerprint density at radius 3 is 2.18 bits per heavy atom. The Labute approximate surface area is 99.2 Å². The molecule has 5 heteroatoms. The molecular weight excluding hydrogens is 214 g/mol.